The molecule has 1 saturated heterocycles. The summed E-state index contributed by atoms with van der Waals surface area (Å²) in [4.78, 5) is 20.4. The van der Waals surface area contributed by atoms with Crippen molar-refractivity contribution in [1.29, 1.82) is 0 Å². The predicted molar refractivity (Wildman–Crippen MR) is 108 cm³/mol. The van der Waals surface area contributed by atoms with Crippen molar-refractivity contribution in [3.8, 4) is 0 Å². The van der Waals surface area contributed by atoms with E-state index in [0.717, 1.165) is 39.3 Å². The molecule has 26 heavy (non-hydrogen) atoms. The number of carbonyl (C=O) groups excluding carboxylic acids is 1. The average Bonchev–Trinajstić information content (AvgIpc) is 2.65. The van der Waals surface area contributed by atoms with Crippen molar-refractivity contribution in [3.05, 3.63) is 0 Å². The van der Waals surface area contributed by atoms with Gasteiger partial charge in [0.2, 0.25) is 5.91 Å². The lowest BCUT2D eigenvalue weighted by Crippen LogP contribution is -2.46. The number of aliphatic imine (C=N–C) groups is 1. The van der Waals surface area contributed by atoms with Crippen molar-refractivity contribution < 1.29 is 9.53 Å². The van der Waals surface area contributed by atoms with Crippen molar-refractivity contribution in [2.75, 3.05) is 60.0 Å². The number of hydrogen-bond donors (Lipinski definition) is 2. The highest BCUT2D eigenvalue weighted by molar-refractivity contribution is 5.84. The number of guanidine groups is 1. The van der Waals surface area contributed by atoms with Gasteiger partial charge in [-0.3, -0.25) is 9.69 Å². The standard InChI is InChI=1S/C19H39N5O2/c1-5-17-10-7-8-13-24(17)14-12-21-19(20-11-9-15-26-6-2)22-16-18(25)23(3)4/h17H,5-16H2,1-4H3,(H2,20,21,22). The van der Waals surface area contributed by atoms with Crippen LogP contribution in [0.4, 0.5) is 0 Å². The molecule has 0 aromatic carbocycles. The van der Waals surface area contributed by atoms with Crippen LogP contribution in [0.3, 0.4) is 0 Å². The topological polar surface area (TPSA) is 69.2 Å². The highest BCUT2D eigenvalue weighted by atomic mass is 16.5. The van der Waals surface area contributed by atoms with Crippen molar-refractivity contribution >= 4 is 11.9 Å². The molecule has 1 aliphatic heterocycles. The van der Waals surface area contributed by atoms with Crippen molar-refractivity contribution in [3.63, 3.8) is 0 Å². The minimum atomic E-state index is 0.00231. The van der Waals surface area contributed by atoms with E-state index in [2.05, 4.69) is 27.4 Å². The SMILES string of the molecule is CCOCCCNC(=NCC(=O)N(C)C)NCCN1CCCCC1CC. The summed E-state index contributed by atoms with van der Waals surface area (Å²) < 4.78 is 5.36. The molecular weight excluding hydrogens is 330 g/mol. The molecule has 1 rings (SSSR count). The minimum Gasteiger partial charge on any atom is -0.382 e. The summed E-state index contributed by atoms with van der Waals surface area (Å²) in [6.07, 6.45) is 6.09. The maximum atomic E-state index is 11.8. The molecule has 1 aliphatic rings. The third kappa shape index (κ3) is 9.38. The molecule has 1 fully saturated rings. The lowest BCUT2D eigenvalue weighted by Gasteiger charge is -2.35. The molecule has 0 bridgehead atoms. The fourth-order valence-electron chi connectivity index (χ4n) is 3.12. The van der Waals surface area contributed by atoms with Gasteiger partial charge >= 0.3 is 0 Å². The summed E-state index contributed by atoms with van der Waals surface area (Å²) in [5.74, 6) is 0.712. The highest BCUT2D eigenvalue weighted by Crippen LogP contribution is 2.18. The summed E-state index contributed by atoms with van der Waals surface area (Å²) in [5, 5.41) is 6.69. The van der Waals surface area contributed by atoms with Gasteiger partial charge in [-0.05, 0) is 39.2 Å². The molecule has 2 N–H and O–H groups in total. The van der Waals surface area contributed by atoms with E-state index < -0.39 is 0 Å². The molecule has 0 saturated carbocycles. The number of nitrogens with zero attached hydrogens (tertiary/aromatic N) is 3. The molecule has 1 heterocycles. The Bertz CT molecular complexity index is 415. The predicted octanol–water partition coefficient (Wildman–Crippen LogP) is 1.30. The minimum absolute atomic E-state index is 0.00231. The average molecular weight is 370 g/mol. The lowest BCUT2D eigenvalue weighted by atomic mass is 10.0. The largest absolute Gasteiger partial charge is 0.382 e. The molecule has 7 nitrogen and oxygen atoms in total. The maximum absolute atomic E-state index is 11.8. The molecule has 0 aromatic heterocycles. The zero-order valence-electron chi connectivity index (χ0n) is 17.2. The van der Waals surface area contributed by atoms with Crippen molar-refractivity contribution in [1.82, 2.24) is 20.4 Å². The van der Waals surface area contributed by atoms with Gasteiger partial charge in [0.1, 0.15) is 6.54 Å². The van der Waals surface area contributed by atoms with Crippen LogP contribution in [-0.2, 0) is 9.53 Å². The van der Waals surface area contributed by atoms with E-state index in [1.54, 1.807) is 19.0 Å². The number of hydrogen-bond acceptors (Lipinski definition) is 4. The second kappa shape index (κ2) is 13.8. The molecule has 1 atom stereocenters. The summed E-state index contributed by atoms with van der Waals surface area (Å²) in [6.45, 7) is 9.73. The first kappa shape index (κ1) is 22.7. The third-order valence-corrected chi connectivity index (χ3v) is 4.75. The van der Waals surface area contributed by atoms with Gasteiger partial charge in [-0.15, -0.1) is 0 Å². The van der Waals surface area contributed by atoms with Gasteiger partial charge in [-0.1, -0.05) is 13.3 Å². The summed E-state index contributed by atoms with van der Waals surface area (Å²) in [5.41, 5.74) is 0. The van der Waals surface area contributed by atoms with Gasteiger partial charge < -0.3 is 20.3 Å². The zero-order valence-corrected chi connectivity index (χ0v) is 17.2. The molecular formula is C19H39N5O2. The van der Waals surface area contributed by atoms with E-state index in [9.17, 15) is 4.79 Å². The van der Waals surface area contributed by atoms with Crippen LogP contribution in [0.2, 0.25) is 0 Å². The van der Waals surface area contributed by atoms with Crippen LogP contribution in [0, 0.1) is 0 Å². The Balaban J connectivity index is 2.43. The monoisotopic (exact) mass is 369 g/mol. The Morgan fingerprint density at radius 3 is 2.69 bits per heavy atom. The summed E-state index contributed by atoms with van der Waals surface area (Å²) >= 11 is 0. The number of likely N-dealkylation sites (tertiary alicyclic amines) is 1. The van der Waals surface area contributed by atoms with Gasteiger partial charge in [-0.2, -0.15) is 0 Å². The smallest absolute Gasteiger partial charge is 0.243 e. The van der Waals surface area contributed by atoms with E-state index in [-0.39, 0.29) is 12.5 Å². The number of carbonyl (C=O) groups is 1. The first-order chi connectivity index (χ1) is 12.6. The molecule has 1 unspecified atom stereocenters. The second-order valence-electron chi connectivity index (χ2n) is 6.95. The second-order valence-corrected chi connectivity index (χ2v) is 6.95. The van der Waals surface area contributed by atoms with Gasteiger partial charge in [0.15, 0.2) is 5.96 Å². The molecule has 1 amide bonds. The van der Waals surface area contributed by atoms with E-state index >= 15 is 0 Å². The number of ether oxygens (including phenoxy) is 1. The van der Waals surface area contributed by atoms with Crippen LogP contribution in [0.1, 0.15) is 46.0 Å². The Morgan fingerprint density at radius 2 is 2.00 bits per heavy atom. The van der Waals surface area contributed by atoms with Gasteiger partial charge in [-0.25, -0.2) is 4.99 Å². The van der Waals surface area contributed by atoms with Gasteiger partial charge in [0, 0.05) is 53.0 Å². The normalized spacial score (nSPS) is 18.6. The van der Waals surface area contributed by atoms with Crippen molar-refractivity contribution in [2.24, 2.45) is 4.99 Å². The summed E-state index contributed by atoms with van der Waals surface area (Å²) in [7, 11) is 3.50. The fourth-order valence-corrected chi connectivity index (χ4v) is 3.12. The molecule has 152 valence electrons. The number of piperidine rings is 1. The molecule has 0 radical (unpaired) electrons. The number of rotatable bonds is 11. The van der Waals surface area contributed by atoms with Crippen LogP contribution in [-0.4, -0.2) is 87.7 Å². The first-order valence-corrected chi connectivity index (χ1v) is 10.1. The Morgan fingerprint density at radius 1 is 1.23 bits per heavy atom. The first-order valence-electron chi connectivity index (χ1n) is 10.1. The van der Waals surface area contributed by atoms with E-state index in [0.29, 0.717) is 12.0 Å². The number of likely N-dealkylation sites (N-methyl/N-ethyl adjacent to an activating group) is 1. The fraction of sp³-hybridized carbons (Fsp3) is 0.895. The third-order valence-electron chi connectivity index (χ3n) is 4.75. The summed E-state index contributed by atoms with van der Waals surface area (Å²) in [6, 6.07) is 0.709. The van der Waals surface area contributed by atoms with Crippen LogP contribution in [0.25, 0.3) is 0 Å². The van der Waals surface area contributed by atoms with E-state index in [1.807, 2.05) is 6.92 Å². The quantitative estimate of drug-likeness (QED) is 0.326. The van der Waals surface area contributed by atoms with Gasteiger partial charge in [0.25, 0.3) is 0 Å². The van der Waals surface area contributed by atoms with Crippen LogP contribution in [0.15, 0.2) is 4.99 Å². The lowest BCUT2D eigenvalue weighted by molar-refractivity contribution is -0.127. The molecule has 0 aliphatic carbocycles. The Hall–Kier alpha value is -1.34. The Labute approximate surface area is 159 Å². The Kier molecular flexibility index (Phi) is 12.1. The highest BCUT2D eigenvalue weighted by Gasteiger charge is 2.20. The number of amides is 1. The van der Waals surface area contributed by atoms with Crippen molar-refractivity contribution in [2.45, 2.75) is 52.0 Å². The number of nitrogens with one attached hydrogen (secondary N) is 2. The maximum Gasteiger partial charge on any atom is 0.243 e. The zero-order chi connectivity index (χ0) is 19.2. The van der Waals surface area contributed by atoms with E-state index in [1.165, 1.54) is 32.2 Å². The molecule has 0 spiro atoms. The van der Waals surface area contributed by atoms with Crippen LogP contribution >= 0.6 is 0 Å². The van der Waals surface area contributed by atoms with E-state index in [4.69, 9.17) is 4.74 Å². The van der Waals surface area contributed by atoms with Crippen LogP contribution in [0.5, 0.6) is 0 Å². The molecule has 0 aromatic rings. The van der Waals surface area contributed by atoms with Gasteiger partial charge in [0.05, 0.1) is 0 Å². The van der Waals surface area contributed by atoms with Crippen LogP contribution < -0.4 is 10.6 Å². The molecule has 7 heteroatoms.